The largest absolute Gasteiger partial charge is 0.387 e. The van der Waals surface area contributed by atoms with Crippen LogP contribution in [0.4, 0.5) is 0 Å². The Morgan fingerprint density at radius 2 is 1.94 bits per heavy atom. The summed E-state index contributed by atoms with van der Waals surface area (Å²) in [6.07, 6.45) is 2.40. The molecule has 3 N–H and O–H groups in total. The standard InChI is InChI=1S/C15H25N3/c1-3-5-11-18(4-2)12-14(15(16)17)13-9-7-6-8-10-13/h6-10,14H,3-5,11-12H2,1-2H3,(H3,16,17). The quantitative estimate of drug-likeness (QED) is 0.548. The fraction of sp³-hybridized carbons (Fsp3) is 0.533. The van der Waals surface area contributed by atoms with Gasteiger partial charge in [-0.1, -0.05) is 50.6 Å². The molecule has 1 aromatic rings. The Bertz CT molecular complexity index is 348. The molecule has 3 heteroatoms. The second-order valence-electron chi connectivity index (χ2n) is 4.67. The normalized spacial score (nSPS) is 12.6. The van der Waals surface area contributed by atoms with E-state index in [4.69, 9.17) is 11.1 Å². The zero-order chi connectivity index (χ0) is 13.4. The van der Waals surface area contributed by atoms with Gasteiger partial charge < -0.3 is 10.6 Å². The number of benzene rings is 1. The number of nitrogens with one attached hydrogen (secondary N) is 1. The molecule has 1 unspecified atom stereocenters. The summed E-state index contributed by atoms with van der Waals surface area (Å²) < 4.78 is 0. The van der Waals surface area contributed by atoms with Crippen LogP contribution in [0.15, 0.2) is 30.3 Å². The highest BCUT2D eigenvalue weighted by Crippen LogP contribution is 2.17. The number of unbranched alkanes of at least 4 members (excludes halogenated alkanes) is 1. The average molecular weight is 247 g/mol. The van der Waals surface area contributed by atoms with Crippen LogP contribution in [0, 0.1) is 5.41 Å². The van der Waals surface area contributed by atoms with Crippen molar-refractivity contribution in [2.24, 2.45) is 5.73 Å². The van der Waals surface area contributed by atoms with E-state index in [1.807, 2.05) is 18.2 Å². The van der Waals surface area contributed by atoms with Gasteiger partial charge in [-0.05, 0) is 25.1 Å². The minimum Gasteiger partial charge on any atom is -0.387 e. The molecule has 0 aromatic heterocycles. The first kappa shape index (κ1) is 14.7. The van der Waals surface area contributed by atoms with Gasteiger partial charge in [-0.15, -0.1) is 0 Å². The lowest BCUT2D eigenvalue weighted by atomic mass is 9.97. The summed E-state index contributed by atoms with van der Waals surface area (Å²) >= 11 is 0. The lowest BCUT2D eigenvalue weighted by Gasteiger charge is -2.26. The second-order valence-corrected chi connectivity index (χ2v) is 4.67. The SMILES string of the molecule is CCCCN(CC)CC(C(=N)N)c1ccccc1. The number of rotatable bonds is 8. The summed E-state index contributed by atoms with van der Waals surface area (Å²) in [4.78, 5) is 2.38. The lowest BCUT2D eigenvalue weighted by Crippen LogP contribution is -2.35. The van der Waals surface area contributed by atoms with Crippen LogP contribution in [0.3, 0.4) is 0 Å². The molecule has 0 aliphatic carbocycles. The maximum absolute atomic E-state index is 7.79. The van der Waals surface area contributed by atoms with Gasteiger partial charge in [0.05, 0.1) is 11.8 Å². The molecule has 0 fully saturated rings. The van der Waals surface area contributed by atoms with Crippen molar-refractivity contribution in [2.75, 3.05) is 19.6 Å². The summed E-state index contributed by atoms with van der Waals surface area (Å²) in [7, 11) is 0. The van der Waals surface area contributed by atoms with Crippen LogP contribution in [0.5, 0.6) is 0 Å². The van der Waals surface area contributed by atoms with E-state index in [9.17, 15) is 0 Å². The minimum atomic E-state index is 0.0167. The number of likely N-dealkylation sites (N-methyl/N-ethyl adjacent to an activating group) is 1. The van der Waals surface area contributed by atoms with Crippen molar-refractivity contribution in [1.29, 1.82) is 5.41 Å². The van der Waals surface area contributed by atoms with Crippen molar-refractivity contribution in [3.05, 3.63) is 35.9 Å². The third-order valence-corrected chi connectivity index (χ3v) is 3.29. The molecule has 0 spiro atoms. The van der Waals surface area contributed by atoms with Gasteiger partial charge >= 0.3 is 0 Å². The summed E-state index contributed by atoms with van der Waals surface area (Å²) in [6.45, 7) is 7.31. The van der Waals surface area contributed by atoms with Crippen LogP contribution in [-0.4, -0.2) is 30.4 Å². The molecule has 0 aliphatic heterocycles. The molecule has 1 atom stereocenters. The molecule has 18 heavy (non-hydrogen) atoms. The zero-order valence-electron chi connectivity index (χ0n) is 11.5. The molecular formula is C15H25N3. The van der Waals surface area contributed by atoms with Crippen molar-refractivity contribution in [2.45, 2.75) is 32.6 Å². The van der Waals surface area contributed by atoms with Gasteiger partial charge in [-0.2, -0.15) is 0 Å². The summed E-state index contributed by atoms with van der Waals surface area (Å²) in [5, 5.41) is 7.79. The van der Waals surface area contributed by atoms with Crippen molar-refractivity contribution in [3.63, 3.8) is 0 Å². The van der Waals surface area contributed by atoms with Gasteiger partial charge in [-0.3, -0.25) is 5.41 Å². The number of amidine groups is 1. The van der Waals surface area contributed by atoms with Crippen molar-refractivity contribution >= 4 is 5.84 Å². The van der Waals surface area contributed by atoms with Gasteiger partial charge in [0.15, 0.2) is 0 Å². The van der Waals surface area contributed by atoms with Crippen LogP contribution in [0.1, 0.15) is 38.2 Å². The van der Waals surface area contributed by atoms with E-state index in [0.717, 1.165) is 25.2 Å². The number of hydrogen-bond acceptors (Lipinski definition) is 2. The van der Waals surface area contributed by atoms with Crippen molar-refractivity contribution in [1.82, 2.24) is 4.90 Å². The Balaban J connectivity index is 2.71. The average Bonchev–Trinajstić information content (AvgIpc) is 2.39. The Morgan fingerprint density at radius 3 is 2.44 bits per heavy atom. The number of nitrogens with zero attached hydrogens (tertiary/aromatic N) is 1. The van der Waals surface area contributed by atoms with E-state index < -0.39 is 0 Å². The van der Waals surface area contributed by atoms with Crippen LogP contribution in [0.25, 0.3) is 0 Å². The Morgan fingerprint density at radius 1 is 1.28 bits per heavy atom. The Labute approximate surface area is 111 Å². The molecule has 1 aromatic carbocycles. The number of hydrogen-bond donors (Lipinski definition) is 2. The fourth-order valence-corrected chi connectivity index (χ4v) is 2.09. The predicted molar refractivity (Wildman–Crippen MR) is 78.1 cm³/mol. The van der Waals surface area contributed by atoms with Crippen LogP contribution < -0.4 is 5.73 Å². The molecule has 0 saturated carbocycles. The molecule has 0 radical (unpaired) electrons. The van der Waals surface area contributed by atoms with Gasteiger partial charge in [0.1, 0.15) is 0 Å². The molecule has 0 amide bonds. The van der Waals surface area contributed by atoms with E-state index >= 15 is 0 Å². The highest BCUT2D eigenvalue weighted by Gasteiger charge is 2.17. The molecule has 3 nitrogen and oxygen atoms in total. The molecular weight excluding hydrogens is 222 g/mol. The number of nitrogens with two attached hydrogens (primary N) is 1. The van der Waals surface area contributed by atoms with E-state index in [2.05, 4.69) is 30.9 Å². The monoisotopic (exact) mass is 247 g/mol. The first-order valence-electron chi connectivity index (χ1n) is 6.80. The van der Waals surface area contributed by atoms with Gasteiger partial charge in [-0.25, -0.2) is 0 Å². The fourth-order valence-electron chi connectivity index (χ4n) is 2.09. The summed E-state index contributed by atoms with van der Waals surface area (Å²) in [6, 6.07) is 10.1. The summed E-state index contributed by atoms with van der Waals surface area (Å²) in [5.41, 5.74) is 6.90. The first-order chi connectivity index (χ1) is 8.69. The highest BCUT2D eigenvalue weighted by molar-refractivity contribution is 5.84. The van der Waals surface area contributed by atoms with E-state index in [0.29, 0.717) is 0 Å². The zero-order valence-corrected chi connectivity index (χ0v) is 11.5. The second kappa shape index (κ2) is 7.88. The lowest BCUT2D eigenvalue weighted by molar-refractivity contribution is 0.280. The van der Waals surface area contributed by atoms with Crippen LogP contribution >= 0.6 is 0 Å². The van der Waals surface area contributed by atoms with E-state index in [-0.39, 0.29) is 11.8 Å². The molecule has 0 aliphatic rings. The Kier molecular flexibility index (Phi) is 6.44. The molecule has 100 valence electrons. The third-order valence-electron chi connectivity index (χ3n) is 3.29. The topological polar surface area (TPSA) is 53.1 Å². The molecule has 0 heterocycles. The summed E-state index contributed by atoms with van der Waals surface area (Å²) in [5.74, 6) is 0.277. The smallest absolute Gasteiger partial charge is 0.0995 e. The van der Waals surface area contributed by atoms with Gasteiger partial charge in [0, 0.05) is 6.54 Å². The van der Waals surface area contributed by atoms with Crippen LogP contribution in [0.2, 0.25) is 0 Å². The first-order valence-corrected chi connectivity index (χ1v) is 6.80. The van der Waals surface area contributed by atoms with E-state index in [1.165, 1.54) is 12.8 Å². The maximum atomic E-state index is 7.79. The van der Waals surface area contributed by atoms with Crippen molar-refractivity contribution in [3.8, 4) is 0 Å². The molecule has 0 bridgehead atoms. The Hall–Kier alpha value is -1.35. The van der Waals surface area contributed by atoms with Crippen LogP contribution in [-0.2, 0) is 0 Å². The maximum Gasteiger partial charge on any atom is 0.0995 e. The molecule has 0 saturated heterocycles. The minimum absolute atomic E-state index is 0.0167. The van der Waals surface area contributed by atoms with Gasteiger partial charge in [0.25, 0.3) is 0 Å². The van der Waals surface area contributed by atoms with Gasteiger partial charge in [0.2, 0.25) is 0 Å². The predicted octanol–water partition coefficient (Wildman–Crippen LogP) is 2.83. The van der Waals surface area contributed by atoms with Crippen molar-refractivity contribution < 1.29 is 0 Å². The highest BCUT2D eigenvalue weighted by atomic mass is 15.1. The molecule has 1 rings (SSSR count). The van der Waals surface area contributed by atoms with E-state index in [1.54, 1.807) is 0 Å². The third kappa shape index (κ3) is 4.49.